The van der Waals surface area contributed by atoms with Crippen molar-refractivity contribution < 1.29 is 4.52 Å². The van der Waals surface area contributed by atoms with Crippen LogP contribution in [0.2, 0.25) is 0 Å². The number of hydrogen-bond donors (Lipinski definition) is 2. The molecule has 1 fully saturated rings. The van der Waals surface area contributed by atoms with E-state index in [9.17, 15) is 0 Å². The molecule has 0 saturated carbocycles. The number of aromatic nitrogens is 1. The predicted octanol–water partition coefficient (Wildman–Crippen LogP) is 3.13. The maximum absolute atomic E-state index is 5.38. The van der Waals surface area contributed by atoms with Crippen LogP contribution in [-0.4, -0.2) is 42.2 Å². The van der Waals surface area contributed by atoms with Crippen molar-refractivity contribution in [2.45, 2.75) is 51.7 Å². The third-order valence-corrected chi connectivity index (χ3v) is 5.00. The number of nitrogens with zero attached hydrogens (tertiary/aromatic N) is 3. The van der Waals surface area contributed by atoms with Crippen molar-refractivity contribution in [2.75, 3.05) is 20.1 Å². The number of guanidine groups is 1. The molecule has 146 valence electrons. The van der Waals surface area contributed by atoms with Gasteiger partial charge in [0.15, 0.2) is 11.7 Å². The van der Waals surface area contributed by atoms with Gasteiger partial charge in [-0.3, -0.25) is 9.89 Å². The van der Waals surface area contributed by atoms with Gasteiger partial charge in [0.2, 0.25) is 0 Å². The molecule has 1 aromatic heterocycles. The molecule has 1 aromatic carbocycles. The Labute approximate surface area is 162 Å². The molecule has 0 bridgehead atoms. The number of piperidine rings is 1. The topological polar surface area (TPSA) is 65.7 Å². The van der Waals surface area contributed by atoms with Gasteiger partial charge in [-0.2, -0.15) is 0 Å². The molecule has 3 rings (SSSR count). The molecule has 0 unspecified atom stereocenters. The number of likely N-dealkylation sites (tertiary alicyclic amines) is 1. The second kappa shape index (κ2) is 9.55. The summed E-state index contributed by atoms with van der Waals surface area (Å²) < 4.78 is 5.38. The van der Waals surface area contributed by atoms with E-state index in [1.165, 1.54) is 5.56 Å². The van der Waals surface area contributed by atoms with E-state index in [1.807, 2.05) is 6.07 Å². The van der Waals surface area contributed by atoms with E-state index in [1.54, 1.807) is 7.05 Å². The van der Waals surface area contributed by atoms with Crippen LogP contribution < -0.4 is 10.6 Å². The highest BCUT2D eigenvalue weighted by Crippen LogP contribution is 2.15. The van der Waals surface area contributed by atoms with E-state index < -0.39 is 0 Å². The molecule has 0 atom stereocenters. The van der Waals surface area contributed by atoms with E-state index in [0.29, 0.717) is 18.5 Å². The zero-order chi connectivity index (χ0) is 19.1. The molecule has 2 aromatic rings. The van der Waals surface area contributed by atoms with E-state index in [-0.39, 0.29) is 0 Å². The Bertz CT molecular complexity index is 717. The summed E-state index contributed by atoms with van der Waals surface area (Å²) in [6.45, 7) is 8.04. The summed E-state index contributed by atoms with van der Waals surface area (Å²) in [5, 5.41) is 11.0. The zero-order valence-corrected chi connectivity index (χ0v) is 16.6. The Hall–Kier alpha value is -2.34. The van der Waals surface area contributed by atoms with Crippen LogP contribution in [0.5, 0.6) is 0 Å². The number of hydrogen-bond acceptors (Lipinski definition) is 4. The molecule has 6 heteroatoms. The highest BCUT2D eigenvalue weighted by Gasteiger charge is 2.20. The molecular formula is C21H31N5O. The van der Waals surface area contributed by atoms with Crippen LogP contribution in [-0.2, 0) is 13.1 Å². The van der Waals surface area contributed by atoms with Crippen LogP contribution >= 0.6 is 0 Å². The lowest BCUT2D eigenvalue weighted by Gasteiger charge is -2.33. The maximum Gasteiger partial charge on any atom is 0.191 e. The van der Waals surface area contributed by atoms with Crippen molar-refractivity contribution in [1.82, 2.24) is 20.7 Å². The van der Waals surface area contributed by atoms with Gasteiger partial charge in [0.25, 0.3) is 0 Å². The molecule has 0 aliphatic carbocycles. The molecule has 1 aliphatic heterocycles. The van der Waals surface area contributed by atoms with Crippen molar-refractivity contribution in [3.05, 3.63) is 53.4 Å². The number of nitrogens with one attached hydrogen (secondary N) is 2. The summed E-state index contributed by atoms with van der Waals surface area (Å²) >= 11 is 0. The van der Waals surface area contributed by atoms with Crippen LogP contribution in [0.1, 0.15) is 49.6 Å². The minimum absolute atomic E-state index is 0.376. The fraction of sp³-hybridized carbons (Fsp3) is 0.524. The van der Waals surface area contributed by atoms with E-state index in [2.05, 4.69) is 69.9 Å². The molecular weight excluding hydrogens is 338 g/mol. The lowest BCUT2D eigenvalue weighted by atomic mass is 10.0. The van der Waals surface area contributed by atoms with Crippen molar-refractivity contribution in [3.8, 4) is 0 Å². The average molecular weight is 370 g/mol. The minimum atomic E-state index is 0.376. The average Bonchev–Trinajstić information content (AvgIpc) is 3.17. The Morgan fingerprint density at radius 1 is 1.26 bits per heavy atom. The molecule has 0 spiro atoms. The fourth-order valence-electron chi connectivity index (χ4n) is 3.32. The first kappa shape index (κ1) is 19.4. The predicted molar refractivity (Wildman–Crippen MR) is 109 cm³/mol. The quantitative estimate of drug-likeness (QED) is 0.605. The van der Waals surface area contributed by atoms with Crippen molar-refractivity contribution in [3.63, 3.8) is 0 Å². The van der Waals surface area contributed by atoms with Gasteiger partial charge < -0.3 is 15.2 Å². The van der Waals surface area contributed by atoms with Gasteiger partial charge in [-0.15, -0.1) is 0 Å². The van der Waals surface area contributed by atoms with Gasteiger partial charge in [0.1, 0.15) is 0 Å². The summed E-state index contributed by atoms with van der Waals surface area (Å²) in [5.74, 6) is 2.03. The zero-order valence-electron chi connectivity index (χ0n) is 16.6. The van der Waals surface area contributed by atoms with Gasteiger partial charge in [-0.25, -0.2) is 0 Å². The van der Waals surface area contributed by atoms with Gasteiger partial charge in [0, 0.05) is 38.8 Å². The molecule has 0 amide bonds. The Morgan fingerprint density at radius 3 is 2.63 bits per heavy atom. The first-order valence-electron chi connectivity index (χ1n) is 9.83. The van der Waals surface area contributed by atoms with Gasteiger partial charge in [-0.05, 0) is 24.3 Å². The first-order chi connectivity index (χ1) is 13.1. The lowest BCUT2D eigenvalue weighted by molar-refractivity contribution is 0.198. The van der Waals surface area contributed by atoms with Crippen LogP contribution in [0.15, 0.2) is 45.9 Å². The SMILES string of the molecule is CN=C(NCc1cc(C(C)C)no1)NC1CCN(Cc2ccccc2)CC1. The largest absolute Gasteiger partial charge is 0.359 e. The lowest BCUT2D eigenvalue weighted by Crippen LogP contribution is -2.48. The fourth-order valence-corrected chi connectivity index (χ4v) is 3.32. The number of aliphatic imine (C=N–C) groups is 1. The van der Waals surface area contributed by atoms with Crippen LogP contribution in [0.3, 0.4) is 0 Å². The van der Waals surface area contributed by atoms with E-state index in [4.69, 9.17) is 4.52 Å². The summed E-state index contributed by atoms with van der Waals surface area (Å²) in [6, 6.07) is 13.1. The van der Waals surface area contributed by atoms with Gasteiger partial charge >= 0.3 is 0 Å². The first-order valence-corrected chi connectivity index (χ1v) is 9.83. The van der Waals surface area contributed by atoms with Crippen molar-refractivity contribution in [2.24, 2.45) is 4.99 Å². The van der Waals surface area contributed by atoms with Crippen LogP contribution in [0.4, 0.5) is 0 Å². The van der Waals surface area contributed by atoms with Gasteiger partial charge in [0.05, 0.1) is 12.2 Å². The third-order valence-electron chi connectivity index (χ3n) is 5.00. The van der Waals surface area contributed by atoms with Crippen LogP contribution in [0.25, 0.3) is 0 Å². The summed E-state index contributed by atoms with van der Waals surface area (Å²) in [6.07, 6.45) is 2.24. The van der Waals surface area contributed by atoms with Crippen molar-refractivity contribution >= 4 is 5.96 Å². The summed E-state index contributed by atoms with van der Waals surface area (Å²) in [7, 11) is 1.81. The third kappa shape index (κ3) is 5.82. The van der Waals surface area contributed by atoms with E-state index in [0.717, 1.165) is 49.9 Å². The highest BCUT2D eigenvalue weighted by atomic mass is 16.5. The Morgan fingerprint density at radius 2 is 2.00 bits per heavy atom. The molecule has 2 N–H and O–H groups in total. The minimum Gasteiger partial charge on any atom is -0.359 e. The molecule has 1 saturated heterocycles. The summed E-state index contributed by atoms with van der Waals surface area (Å²) in [4.78, 5) is 6.86. The van der Waals surface area contributed by atoms with Crippen molar-refractivity contribution in [1.29, 1.82) is 0 Å². The standard InChI is InChI=1S/C21H31N5O/c1-16(2)20-13-19(27-25-20)14-23-21(22-3)24-18-9-11-26(12-10-18)15-17-7-5-4-6-8-17/h4-8,13,16,18H,9-12,14-15H2,1-3H3,(H2,22,23,24). The number of rotatable bonds is 6. The molecule has 0 radical (unpaired) electrons. The maximum atomic E-state index is 5.38. The molecule has 1 aliphatic rings. The summed E-state index contributed by atoms with van der Waals surface area (Å²) in [5.41, 5.74) is 2.37. The molecule has 6 nitrogen and oxygen atoms in total. The number of benzene rings is 1. The van der Waals surface area contributed by atoms with E-state index >= 15 is 0 Å². The second-order valence-corrected chi connectivity index (χ2v) is 7.48. The normalized spacial score (nSPS) is 16.7. The second-order valence-electron chi connectivity index (χ2n) is 7.48. The Balaban J connectivity index is 1.41. The molecule has 2 heterocycles. The smallest absolute Gasteiger partial charge is 0.191 e. The monoisotopic (exact) mass is 369 g/mol. The van der Waals surface area contributed by atoms with Gasteiger partial charge in [-0.1, -0.05) is 49.3 Å². The molecule has 27 heavy (non-hydrogen) atoms. The highest BCUT2D eigenvalue weighted by molar-refractivity contribution is 5.79. The Kier molecular flexibility index (Phi) is 6.87. The van der Waals surface area contributed by atoms with Crippen LogP contribution in [0, 0.1) is 0 Å².